The fraction of sp³-hybridized carbons (Fsp3) is 0.250. The van der Waals surface area contributed by atoms with Gasteiger partial charge in [-0.05, 0) is 18.2 Å². The van der Waals surface area contributed by atoms with Crippen molar-refractivity contribution < 1.29 is 9.47 Å². The first-order valence-corrected chi connectivity index (χ1v) is 4.70. The van der Waals surface area contributed by atoms with E-state index in [-0.39, 0.29) is 0 Å². The Morgan fingerprint density at radius 3 is 2.73 bits per heavy atom. The Morgan fingerprint density at radius 2 is 1.93 bits per heavy atom. The van der Waals surface area contributed by atoms with Gasteiger partial charge in [0, 0.05) is 17.9 Å². The minimum atomic E-state index is 0.655. The molecule has 0 aliphatic carbocycles. The summed E-state index contributed by atoms with van der Waals surface area (Å²) in [5.74, 6) is 6.52. The molecular weight excluding hydrogens is 190 g/mol. The maximum Gasteiger partial charge on any atom is 0.162 e. The third-order valence-electron chi connectivity index (χ3n) is 2.01. The minimum absolute atomic E-state index is 0.655. The van der Waals surface area contributed by atoms with Gasteiger partial charge in [0.15, 0.2) is 17.6 Å². The van der Waals surface area contributed by atoms with Crippen molar-refractivity contribution in [1.82, 2.24) is 0 Å². The predicted octanol–water partition coefficient (Wildman–Crippen LogP) is 1.72. The molecule has 1 aromatic carbocycles. The van der Waals surface area contributed by atoms with Crippen molar-refractivity contribution in [1.29, 1.82) is 5.26 Å². The first-order valence-electron chi connectivity index (χ1n) is 4.70. The van der Waals surface area contributed by atoms with Crippen LogP contribution in [0.15, 0.2) is 18.2 Å². The van der Waals surface area contributed by atoms with E-state index in [1.807, 2.05) is 12.1 Å². The van der Waals surface area contributed by atoms with Gasteiger partial charge in [0.1, 0.15) is 0 Å². The van der Waals surface area contributed by atoms with Gasteiger partial charge in [0.05, 0.1) is 13.2 Å². The molecule has 3 nitrogen and oxygen atoms in total. The third-order valence-corrected chi connectivity index (χ3v) is 2.01. The first-order chi connectivity index (χ1) is 7.40. The van der Waals surface area contributed by atoms with E-state index < -0.39 is 0 Å². The van der Waals surface area contributed by atoms with E-state index in [0.717, 1.165) is 17.7 Å². The normalized spacial score (nSPS) is 13.0. The number of nitrogens with zero attached hydrogens (tertiary/aromatic N) is 1. The average molecular weight is 199 g/mol. The van der Waals surface area contributed by atoms with Crippen LogP contribution in [-0.2, 0) is 0 Å². The molecule has 1 aliphatic rings. The quantitative estimate of drug-likeness (QED) is 0.597. The molecule has 1 aliphatic heterocycles. The molecule has 1 heterocycles. The molecule has 0 unspecified atom stereocenters. The van der Waals surface area contributed by atoms with Crippen molar-refractivity contribution in [2.75, 3.05) is 13.2 Å². The maximum absolute atomic E-state index is 8.33. The summed E-state index contributed by atoms with van der Waals surface area (Å²) in [6, 6.07) is 7.21. The summed E-state index contributed by atoms with van der Waals surface area (Å²) in [4.78, 5) is 0. The molecule has 1 aromatic rings. The Balaban J connectivity index is 2.32. The second-order valence-corrected chi connectivity index (χ2v) is 3.07. The molecule has 0 bridgehead atoms. The fourth-order valence-electron chi connectivity index (χ4n) is 1.34. The summed E-state index contributed by atoms with van der Waals surface area (Å²) in [6.07, 6.45) is 0.883. The summed E-state index contributed by atoms with van der Waals surface area (Å²) in [7, 11) is 0. The highest BCUT2D eigenvalue weighted by atomic mass is 16.5. The Labute approximate surface area is 88.2 Å². The van der Waals surface area contributed by atoms with E-state index in [9.17, 15) is 0 Å². The van der Waals surface area contributed by atoms with E-state index in [0.29, 0.717) is 19.0 Å². The molecular formula is C12H9NO2. The standard InChI is InChI=1S/C12H9NO2/c13-6-1-3-10-4-5-11-12(9-10)15-8-2-7-14-11/h4-5,9H,2,7-8H2. The van der Waals surface area contributed by atoms with Gasteiger partial charge in [-0.2, -0.15) is 5.26 Å². The SMILES string of the molecule is N#CC#Cc1ccc2c(c1)OCCCO2. The predicted molar refractivity (Wildman–Crippen MR) is 54.5 cm³/mol. The lowest BCUT2D eigenvalue weighted by atomic mass is 10.2. The molecule has 0 radical (unpaired) electrons. The summed E-state index contributed by atoms with van der Waals surface area (Å²) < 4.78 is 11.0. The third kappa shape index (κ3) is 2.21. The van der Waals surface area contributed by atoms with Gasteiger partial charge in [-0.3, -0.25) is 0 Å². The topological polar surface area (TPSA) is 42.2 Å². The number of nitriles is 1. The van der Waals surface area contributed by atoms with Gasteiger partial charge in [-0.15, -0.1) is 0 Å². The van der Waals surface area contributed by atoms with Gasteiger partial charge in [0.25, 0.3) is 0 Å². The molecule has 0 amide bonds. The fourth-order valence-corrected chi connectivity index (χ4v) is 1.34. The first kappa shape index (κ1) is 9.43. The van der Waals surface area contributed by atoms with Gasteiger partial charge in [0.2, 0.25) is 0 Å². The van der Waals surface area contributed by atoms with E-state index in [4.69, 9.17) is 14.7 Å². The highest BCUT2D eigenvalue weighted by Crippen LogP contribution is 2.29. The van der Waals surface area contributed by atoms with Crippen molar-refractivity contribution in [2.24, 2.45) is 0 Å². The van der Waals surface area contributed by atoms with E-state index >= 15 is 0 Å². The van der Waals surface area contributed by atoms with Crippen LogP contribution < -0.4 is 9.47 Å². The Kier molecular flexibility index (Phi) is 2.76. The monoisotopic (exact) mass is 199 g/mol. The van der Waals surface area contributed by atoms with Gasteiger partial charge >= 0.3 is 0 Å². The Bertz CT molecular complexity index is 463. The van der Waals surface area contributed by atoms with Crippen LogP contribution in [0.5, 0.6) is 11.5 Å². The van der Waals surface area contributed by atoms with Crippen LogP contribution in [0.4, 0.5) is 0 Å². The molecule has 3 heteroatoms. The smallest absolute Gasteiger partial charge is 0.162 e. The number of hydrogen-bond donors (Lipinski definition) is 0. The van der Waals surface area contributed by atoms with Crippen LogP contribution in [0.1, 0.15) is 12.0 Å². The van der Waals surface area contributed by atoms with Gasteiger partial charge < -0.3 is 9.47 Å². The molecule has 0 saturated heterocycles. The molecule has 2 rings (SSSR count). The van der Waals surface area contributed by atoms with Crippen molar-refractivity contribution in [3.63, 3.8) is 0 Å². The molecule has 74 valence electrons. The van der Waals surface area contributed by atoms with Crippen molar-refractivity contribution >= 4 is 0 Å². The van der Waals surface area contributed by atoms with Crippen LogP contribution in [0.2, 0.25) is 0 Å². The van der Waals surface area contributed by atoms with E-state index in [1.54, 1.807) is 12.1 Å². The number of fused-ring (bicyclic) bond motifs is 1. The zero-order chi connectivity index (χ0) is 10.5. The summed E-state index contributed by atoms with van der Waals surface area (Å²) >= 11 is 0. The minimum Gasteiger partial charge on any atom is -0.490 e. The second-order valence-electron chi connectivity index (χ2n) is 3.07. The molecule has 0 saturated carbocycles. The molecule has 0 spiro atoms. The number of ether oxygens (including phenoxy) is 2. The zero-order valence-electron chi connectivity index (χ0n) is 8.12. The van der Waals surface area contributed by atoms with Gasteiger partial charge in [-0.1, -0.05) is 5.92 Å². The van der Waals surface area contributed by atoms with E-state index in [2.05, 4.69) is 11.8 Å². The van der Waals surface area contributed by atoms with Crippen LogP contribution in [-0.4, -0.2) is 13.2 Å². The van der Waals surface area contributed by atoms with E-state index in [1.165, 1.54) is 0 Å². The van der Waals surface area contributed by atoms with Crippen molar-refractivity contribution in [2.45, 2.75) is 6.42 Å². The van der Waals surface area contributed by atoms with Crippen LogP contribution in [0.25, 0.3) is 0 Å². The number of hydrogen-bond acceptors (Lipinski definition) is 3. The molecule has 0 N–H and O–H groups in total. The lowest BCUT2D eigenvalue weighted by molar-refractivity contribution is 0.297. The highest BCUT2D eigenvalue weighted by Gasteiger charge is 2.09. The van der Waals surface area contributed by atoms with Crippen molar-refractivity contribution in [3.8, 4) is 29.4 Å². The second kappa shape index (κ2) is 4.39. The van der Waals surface area contributed by atoms with Crippen molar-refractivity contribution in [3.05, 3.63) is 23.8 Å². The molecule has 0 fully saturated rings. The van der Waals surface area contributed by atoms with Crippen LogP contribution in [0.3, 0.4) is 0 Å². The lowest BCUT2D eigenvalue weighted by Gasteiger charge is -2.06. The summed E-state index contributed by atoms with van der Waals surface area (Å²) in [6.45, 7) is 1.33. The summed E-state index contributed by atoms with van der Waals surface area (Å²) in [5, 5.41) is 8.33. The molecule has 0 atom stereocenters. The largest absolute Gasteiger partial charge is 0.490 e. The maximum atomic E-state index is 8.33. The molecule has 0 aromatic heterocycles. The van der Waals surface area contributed by atoms with Crippen LogP contribution in [0, 0.1) is 23.2 Å². The summed E-state index contributed by atoms with van der Waals surface area (Å²) in [5.41, 5.74) is 0.765. The lowest BCUT2D eigenvalue weighted by Crippen LogP contribution is -1.97. The highest BCUT2D eigenvalue weighted by molar-refractivity contribution is 5.49. The van der Waals surface area contributed by atoms with Crippen LogP contribution >= 0.6 is 0 Å². The van der Waals surface area contributed by atoms with Gasteiger partial charge in [-0.25, -0.2) is 0 Å². The number of rotatable bonds is 0. The molecule has 15 heavy (non-hydrogen) atoms. The zero-order valence-corrected chi connectivity index (χ0v) is 8.12. The Morgan fingerprint density at radius 1 is 1.13 bits per heavy atom. The Hall–Kier alpha value is -2.13. The average Bonchev–Trinajstić information content (AvgIpc) is 2.50. The number of benzene rings is 1.